The van der Waals surface area contributed by atoms with E-state index in [9.17, 15) is 9.90 Å². The summed E-state index contributed by atoms with van der Waals surface area (Å²) in [4.78, 5) is 12.3. The first-order valence-corrected chi connectivity index (χ1v) is 11.4. The van der Waals surface area contributed by atoms with Crippen LogP contribution in [0.15, 0.2) is 83.1 Å². The van der Waals surface area contributed by atoms with Crippen LogP contribution >= 0.6 is 35.0 Å². The maximum atomic E-state index is 12.3. The number of nitrogens with zero attached hydrogens (tertiary/aromatic N) is 4. The Morgan fingerprint density at radius 2 is 1.73 bits per heavy atom. The number of carbonyl (C=O) groups is 1. The number of hydrazone groups is 1. The Hall–Kier alpha value is -3.33. The molecule has 0 fully saturated rings. The number of carbonyl (C=O) groups excluding carboxylic acids is 1. The monoisotopic (exact) mass is 497 g/mol. The Morgan fingerprint density at radius 3 is 2.42 bits per heavy atom. The average molecular weight is 498 g/mol. The van der Waals surface area contributed by atoms with Gasteiger partial charge in [-0.15, -0.1) is 10.2 Å². The highest BCUT2D eigenvalue weighted by molar-refractivity contribution is 7.99. The molecule has 0 unspecified atom stereocenters. The van der Waals surface area contributed by atoms with Crippen molar-refractivity contribution in [2.24, 2.45) is 5.10 Å². The molecule has 0 aliphatic rings. The fourth-order valence-corrected chi connectivity index (χ4v) is 3.91. The second-order valence-electron chi connectivity index (χ2n) is 6.80. The Labute approximate surface area is 204 Å². The van der Waals surface area contributed by atoms with Crippen LogP contribution in [-0.4, -0.2) is 37.7 Å². The molecule has 7 nitrogen and oxygen atoms in total. The van der Waals surface area contributed by atoms with E-state index in [1.165, 1.54) is 24.0 Å². The van der Waals surface area contributed by atoms with E-state index in [4.69, 9.17) is 23.2 Å². The normalized spacial score (nSPS) is 11.1. The number of rotatable bonds is 7. The van der Waals surface area contributed by atoms with Crippen molar-refractivity contribution in [1.29, 1.82) is 0 Å². The summed E-state index contributed by atoms with van der Waals surface area (Å²) in [5, 5.41) is 23.8. The minimum Gasteiger partial charge on any atom is -0.508 e. The van der Waals surface area contributed by atoms with Crippen molar-refractivity contribution in [3.63, 3.8) is 0 Å². The number of amides is 1. The van der Waals surface area contributed by atoms with Gasteiger partial charge in [0.2, 0.25) is 0 Å². The second-order valence-corrected chi connectivity index (χ2v) is 8.62. The molecule has 1 amide bonds. The molecule has 0 aliphatic heterocycles. The third-order valence-corrected chi connectivity index (χ3v) is 5.86. The maximum absolute atomic E-state index is 12.3. The van der Waals surface area contributed by atoms with Crippen LogP contribution in [0.25, 0.3) is 17.1 Å². The molecule has 0 atom stereocenters. The number of aromatic hydroxyl groups is 1. The van der Waals surface area contributed by atoms with Gasteiger partial charge in [-0.25, -0.2) is 5.43 Å². The first-order chi connectivity index (χ1) is 16.0. The topological polar surface area (TPSA) is 92.4 Å². The van der Waals surface area contributed by atoms with Crippen molar-refractivity contribution in [2.45, 2.75) is 5.16 Å². The van der Waals surface area contributed by atoms with E-state index in [0.717, 1.165) is 11.3 Å². The molecule has 0 radical (unpaired) electrons. The fraction of sp³-hybridized carbons (Fsp3) is 0.0435. The molecule has 3 aromatic carbocycles. The number of benzene rings is 3. The van der Waals surface area contributed by atoms with Gasteiger partial charge in [0.1, 0.15) is 5.75 Å². The van der Waals surface area contributed by atoms with Crippen molar-refractivity contribution in [1.82, 2.24) is 20.2 Å². The second kappa shape index (κ2) is 10.5. The minimum absolute atomic E-state index is 0.0731. The molecule has 0 bridgehead atoms. The molecular weight excluding hydrogens is 481 g/mol. The molecule has 4 aromatic rings. The summed E-state index contributed by atoms with van der Waals surface area (Å²) in [6.45, 7) is 0. The van der Waals surface area contributed by atoms with Gasteiger partial charge >= 0.3 is 0 Å². The molecule has 0 spiro atoms. The predicted molar refractivity (Wildman–Crippen MR) is 131 cm³/mol. The molecule has 10 heteroatoms. The highest BCUT2D eigenvalue weighted by Gasteiger charge is 2.17. The minimum atomic E-state index is -0.310. The number of hydrogen-bond acceptors (Lipinski definition) is 6. The fourth-order valence-electron chi connectivity index (χ4n) is 2.92. The highest BCUT2D eigenvalue weighted by atomic mass is 35.5. The number of aromatic nitrogens is 3. The third-order valence-electron chi connectivity index (χ3n) is 4.43. The van der Waals surface area contributed by atoms with E-state index >= 15 is 0 Å². The lowest BCUT2D eigenvalue weighted by molar-refractivity contribution is -0.118. The average Bonchev–Trinajstić information content (AvgIpc) is 3.23. The van der Waals surface area contributed by atoms with E-state index in [0.29, 0.717) is 26.6 Å². The van der Waals surface area contributed by atoms with E-state index in [1.54, 1.807) is 42.5 Å². The predicted octanol–water partition coefficient (Wildman–Crippen LogP) is 5.19. The maximum Gasteiger partial charge on any atom is 0.250 e. The molecule has 4 rings (SSSR count). The van der Waals surface area contributed by atoms with Crippen LogP contribution in [0.5, 0.6) is 5.75 Å². The number of phenols is 1. The quantitative estimate of drug-likeness (QED) is 0.208. The third kappa shape index (κ3) is 5.92. The lowest BCUT2D eigenvalue weighted by Crippen LogP contribution is -2.20. The summed E-state index contributed by atoms with van der Waals surface area (Å²) in [6.07, 6.45) is 1.46. The Balaban J connectivity index is 1.51. The van der Waals surface area contributed by atoms with Crippen LogP contribution in [0, 0.1) is 0 Å². The van der Waals surface area contributed by atoms with Gasteiger partial charge in [-0.2, -0.15) is 5.10 Å². The molecule has 0 aliphatic carbocycles. The Kier molecular flexibility index (Phi) is 7.29. The zero-order chi connectivity index (χ0) is 23.2. The zero-order valence-electron chi connectivity index (χ0n) is 17.0. The summed E-state index contributed by atoms with van der Waals surface area (Å²) < 4.78 is 1.85. The Bertz CT molecular complexity index is 1290. The summed E-state index contributed by atoms with van der Waals surface area (Å²) in [7, 11) is 0. The van der Waals surface area contributed by atoms with Crippen molar-refractivity contribution in [3.8, 4) is 22.8 Å². The molecule has 166 valence electrons. The van der Waals surface area contributed by atoms with Crippen molar-refractivity contribution in [2.75, 3.05) is 5.75 Å². The summed E-state index contributed by atoms with van der Waals surface area (Å²) in [6, 6.07) is 21.1. The van der Waals surface area contributed by atoms with Crippen molar-refractivity contribution < 1.29 is 9.90 Å². The standard InChI is InChI=1S/C23H17Cl2N5O2S/c24-17-6-4-16(5-7-17)22-28-29-23(30(22)19-10-8-18(25)9-11-19)33-14-21(32)27-26-13-15-2-1-3-20(31)12-15/h1-13,31H,14H2,(H,27,32)/b26-13+. The van der Waals surface area contributed by atoms with Gasteiger partial charge in [-0.05, 0) is 66.2 Å². The number of halogens is 2. The van der Waals surface area contributed by atoms with E-state index in [1.807, 2.05) is 28.8 Å². The lowest BCUT2D eigenvalue weighted by Gasteiger charge is -2.10. The van der Waals surface area contributed by atoms with E-state index in [2.05, 4.69) is 20.7 Å². The van der Waals surface area contributed by atoms with Gasteiger partial charge in [-0.1, -0.05) is 47.1 Å². The van der Waals surface area contributed by atoms with Gasteiger partial charge in [0.15, 0.2) is 11.0 Å². The van der Waals surface area contributed by atoms with Gasteiger partial charge in [0.05, 0.1) is 12.0 Å². The van der Waals surface area contributed by atoms with Gasteiger partial charge in [0, 0.05) is 21.3 Å². The Morgan fingerprint density at radius 1 is 1.03 bits per heavy atom. The van der Waals surface area contributed by atoms with E-state index < -0.39 is 0 Å². The van der Waals surface area contributed by atoms with Crippen molar-refractivity contribution >= 4 is 47.1 Å². The largest absolute Gasteiger partial charge is 0.508 e. The number of hydrogen-bond donors (Lipinski definition) is 2. The van der Waals surface area contributed by atoms with E-state index in [-0.39, 0.29) is 17.4 Å². The lowest BCUT2D eigenvalue weighted by atomic mass is 10.2. The molecule has 33 heavy (non-hydrogen) atoms. The van der Waals surface area contributed by atoms with Gasteiger partial charge < -0.3 is 5.11 Å². The van der Waals surface area contributed by atoms with Crippen LogP contribution in [0.3, 0.4) is 0 Å². The molecule has 0 saturated carbocycles. The SMILES string of the molecule is O=C(CSc1nnc(-c2ccc(Cl)cc2)n1-c1ccc(Cl)cc1)N/N=C/c1cccc(O)c1. The van der Waals surface area contributed by atoms with Crippen LogP contribution in [-0.2, 0) is 4.79 Å². The van der Waals surface area contributed by atoms with Crippen LogP contribution in [0.1, 0.15) is 5.56 Å². The molecule has 0 saturated heterocycles. The van der Waals surface area contributed by atoms with Crippen LogP contribution in [0.2, 0.25) is 10.0 Å². The van der Waals surface area contributed by atoms with Crippen molar-refractivity contribution in [3.05, 3.63) is 88.4 Å². The molecule has 2 N–H and O–H groups in total. The van der Waals surface area contributed by atoms with Crippen LogP contribution < -0.4 is 5.43 Å². The smallest absolute Gasteiger partial charge is 0.250 e. The number of nitrogens with one attached hydrogen (secondary N) is 1. The van der Waals surface area contributed by atoms with Crippen LogP contribution in [0.4, 0.5) is 0 Å². The highest BCUT2D eigenvalue weighted by Crippen LogP contribution is 2.29. The first-order valence-electron chi connectivity index (χ1n) is 9.70. The first kappa shape index (κ1) is 22.8. The number of thioether (sulfide) groups is 1. The molecular formula is C23H17Cl2N5O2S. The summed E-state index contributed by atoms with van der Waals surface area (Å²) in [5.41, 5.74) is 4.77. The summed E-state index contributed by atoms with van der Waals surface area (Å²) in [5.74, 6) is 0.497. The molecule has 1 heterocycles. The number of phenolic OH excluding ortho intramolecular Hbond substituents is 1. The van der Waals surface area contributed by atoms with Gasteiger partial charge in [0.25, 0.3) is 5.91 Å². The molecule has 1 aromatic heterocycles. The summed E-state index contributed by atoms with van der Waals surface area (Å²) >= 11 is 13.3. The zero-order valence-corrected chi connectivity index (χ0v) is 19.3. The van der Waals surface area contributed by atoms with Gasteiger partial charge in [-0.3, -0.25) is 9.36 Å².